The molecule has 1 aliphatic rings. The third-order valence-electron chi connectivity index (χ3n) is 4.83. The summed E-state index contributed by atoms with van der Waals surface area (Å²) in [6.45, 7) is 2.89. The van der Waals surface area contributed by atoms with E-state index in [1.165, 1.54) is 11.3 Å². The molecule has 1 saturated heterocycles. The van der Waals surface area contributed by atoms with Crippen molar-refractivity contribution in [3.8, 4) is 17.0 Å². The maximum absolute atomic E-state index is 12.7. The Hall–Kier alpha value is -2.90. The number of nitrogens with zero attached hydrogens (tertiary/aromatic N) is 2. The highest BCUT2D eigenvalue weighted by atomic mass is 35.5. The SMILES string of the molecule is CCOc1ccc(-c2csc(NC(=O)C3CC(=O)N(c4ccc(Cl)cc4)C3)n2)cc1. The van der Waals surface area contributed by atoms with Gasteiger partial charge in [0.25, 0.3) is 0 Å². The highest BCUT2D eigenvalue weighted by Gasteiger charge is 2.35. The van der Waals surface area contributed by atoms with Gasteiger partial charge in [0.15, 0.2) is 5.13 Å². The van der Waals surface area contributed by atoms with Gasteiger partial charge < -0.3 is 15.0 Å². The molecule has 30 heavy (non-hydrogen) atoms. The maximum Gasteiger partial charge on any atom is 0.231 e. The first-order valence-electron chi connectivity index (χ1n) is 9.59. The Kier molecular flexibility index (Phi) is 6.01. The van der Waals surface area contributed by atoms with Gasteiger partial charge in [-0.2, -0.15) is 0 Å². The highest BCUT2D eigenvalue weighted by Crippen LogP contribution is 2.29. The fourth-order valence-electron chi connectivity index (χ4n) is 3.31. The second-order valence-electron chi connectivity index (χ2n) is 6.87. The van der Waals surface area contributed by atoms with Crippen LogP contribution in [0.4, 0.5) is 10.8 Å². The minimum absolute atomic E-state index is 0.0771. The number of nitrogens with one attached hydrogen (secondary N) is 1. The van der Waals surface area contributed by atoms with Crippen LogP contribution in [0.2, 0.25) is 5.02 Å². The van der Waals surface area contributed by atoms with Crippen molar-refractivity contribution < 1.29 is 14.3 Å². The number of carbonyl (C=O) groups is 2. The number of hydrogen-bond acceptors (Lipinski definition) is 5. The standard InChI is InChI=1S/C22H20ClN3O3S/c1-2-29-18-9-3-14(4-10-18)19-13-30-22(24-19)25-21(28)15-11-20(27)26(12-15)17-7-5-16(23)6-8-17/h3-10,13,15H,2,11-12H2,1H3,(H,24,25,28). The van der Waals surface area contributed by atoms with Crippen molar-refractivity contribution in [1.29, 1.82) is 0 Å². The summed E-state index contributed by atoms with van der Waals surface area (Å²) in [5.41, 5.74) is 2.47. The van der Waals surface area contributed by atoms with E-state index in [0.717, 1.165) is 22.7 Å². The summed E-state index contributed by atoms with van der Waals surface area (Å²) >= 11 is 7.27. The number of benzene rings is 2. The van der Waals surface area contributed by atoms with Crippen LogP contribution >= 0.6 is 22.9 Å². The minimum atomic E-state index is -0.425. The van der Waals surface area contributed by atoms with Gasteiger partial charge >= 0.3 is 0 Å². The second-order valence-corrected chi connectivity index (χ2v) is 8.16. The predicted molar refractivity (Wildman–Crippen MR) is 119 cm³/mol. The van der Waals surface area contributed by atoms with E-state index in [1.807, 2.05) is 36.6 Å². The number of amides is 2. The van der Waals surface area contributed by atoms with E-state index in [2.05, 4.69) is 10.3 Å². The maximum atomic E-state index is 12.7. The van der Waals surface area contributed by atoms with Gasteiger partial charge in [-0.1, -0.05) is 11.6 Å². The molecule has 1 fully saturated rings. The number of thiazole rings is 1. The summed E-state index contributed by atoms with van der Waals surface area (Å²) in [6, 6.07) is 14.7. The van der Waals surface area contributed by atoms with E-state index in [9.17, 15) is 9.59 Å². The van der Waals surface area contributed by atoms with Crippen molar-refractivity contribution in [3.63, 3.8) is 0 Å². The monoisotopic (exact) mass is 441 g/mol. The van der Waals surface area contributed by atoms with Crippen LogP contribution in [0.3, 0.4) is 0 Å². The van der Waals surface area contributed by atoms with Crippen LogP contribution in [0, 0.1) is 5.92 Å². The van der Waals surface area contributed by atoms with Crippen LogP contribution in [-0.2, 0) is 9.59 Å². The molecule has 4 rings (SSSR count). The molecule has 1 atom stereocenters. The Labute approximate surface area is 183 Å². The summed E-state index contributed by atoms with van der Waals surface area (Å²) in [7, 11) is 0. The zero-order valence-corrected chi connectivity index (χ0v) is 17.9. The van der Waals surface area contributed by atoms with E-state index in [1.54, 1.807) is 29.2 Å². The fourth-order valence-corrected chi connectivity index (χ4v) is 4.16. The quantitative estimate of drug-likeness (QED) is 0.593. The molecule has 1 unspecified atom stereocenters. The first-order chi connectivity index (χ1) is 14.5. The fraction of sp³-hybridized carbons (Fsp3) is 0.227. The molecule has 1 aliphatic heterocycles. The first kappa shape index (κ1) is 20.4. The lowest BCUT2D eigenvalue weighted by Gasteiger charge is -2.16. The summed E-state index contributed by atoms with van der Waals surface area (Å²) in [5, 5.41) is 5.86. The van der Waals surface area contributed by atoms with Gasteiger partial charge in [0.1, 0.15) is 5.75 Å². The average Bonchev–Trinajstić information content (AvgIpc) is 3.36. The largest absolute Gasteiger partial charge is 0.494 e. The number of ether oxygens (including phenoxy) is 1. The Morgan fingerprint density at radius 1 is 1.23 bits per heavy atom. The molecule has 1 aromatic heterocycles. The molecule has 0 saturated carbocycles. The highest BCUT2D eigenvalue weighted by molar-refractivity contribution is 7.14. The van der Waals surface area contributed by atoms with E-state index < -0.39 is 5.92 Å². The molecule has 0 radical (unpaired) electrons. The molecule has 0 spiro atoms. The van der Waals surface area contributed by atoms with Crippen molar-refractivity contribution in [2.45, 2.75) is 13.3 Å². The Morgan fingerprint density at radius 2 is 1.97 bits per heavy atom. The van der Waals surface area contributed by atoms with E-state index in [0.29, 0.717) is 23.3 Å². The number of aromatic nitrogens is 1. The molecular formula is C22H20ClN3O3S. The molecule has 1 N–H and O–H groups in total. The molecule has 2 aromatic carbocycles. The van der Waals surface area contributed by atoms with Gasteiger partial charge in [-0.15, -0.1) is 11.3 Å². The van der Waals surface area contributed by atoms with E-state index >= 15 is 0 Å². The van der Waals surface area contributed by atoms with Crippen LogP contribution < -0.4 is 15.0 Å². The van der Waals surface area contributed by atoms with Gasteiger partial charge in [-0.25, -0.2) is 4.98 Å². The molecule has 8 heteroatoms. The number of halogens is 1. The molecule has 3 aromatic rings. The van der Waals surface area contributed by atoms with Crippen molar-refractivity contribution in [2.24, 2.45) is 5.92 Å². The van der Waals surface area contributed by atoms with Crippen molar-refractivity contribution in [3.05, 3.63) is 58.9 Å². The zero-order valence-electron chi connectivity index (χ0n) is 16.3. The van der Waals surface area contributed by atoms with Gasteiger partial charge in [0, 0.05) is 34.6 Å². The third kappa shape index (κ3) is 4.47. The van der Waals surface area contributed by atoms with Crippen LogP contribution in [0.5, 0.6) is 5.75 Å². The van der Waals surface area contributed by atoms with Crippen LogP contribution in [0.1, 0.15) is 13.3 Å². The molecular weight excluding hydrogens is 422 g/mol. The summed E-state index contributed by atoms with van der Waals surface area (Å²) in [5.74, 6) is 0.103. The van der Waals surface area contributed by atoms with Gasteiger partial charge in [0.05, 0.1) is 18.2 Å². The topological polar surface area (TPSA) is 71.5 Å². The van der Waals surface area contributed by atoms with Crippen LogP contribution in [0.25, 0.3) is 11.3 Å². The lowest BCUT2D eigenvalue weighted by molar-refractivity contribution is -0.122. The van der Waals surface area contributed by atoms with E-state index in [4.69, 9.17) is 16.3 Å². The molecule has 2 amide bonds. The Bertz CT molecular complexity index is 1050. The molecule has 6 nitrogen and oxygen atoms in total. The molecule has 2 heterocycles. The average molecular weight is 442 g/mol. The summed E-state index contributed by atoms with van der Waals surface area (Å²) in [6.07, 6.45) is 0.172. The van der Waals surface area contributed by atoms with Gasteiger partial charge in [-0.3, -0.25) is 9.59 Å². The van der Waals surface area contributed by atoms with Crippen molar-refractivity contribution in [2.75, 3.05) is 23.4 Å². The second kappa shape index (κ2) is 8.85. The van der Waals surface area contributed by atoms with Crippen molar-refractivity contribution >= 4 is 45.6 Å². The van der Waals surface area contributed by atoms with Gasteiger partial charge in [0.2, 0.25) is 11.8 Å². The van der Waals surface area contributed by atoms with Crippen LogP contribution in [-0.4, -0.2) is 29.9 Å². The Balaban J connectivity index is 1.40. The number of anilines is 2. The number of rotatable bonds is 6. The lowest BCUT2D eigenvalue weighted by Crippen LogP contribution is -2.28. The molecule has 154 valence electrons. The normalized spacial score (nSPS) is 16.0. The van der Waals surface area contributed by atoms with E-state index in [-0.39, 0.29) is 18.2 Å². The zero-order chi connectivity index (χ0) is 21.1. The molecule has 0 bridgehead atoms. The lowest BCUT2D eigenvalue weighted by atomic mass is 10.1. The third-order valence-corrected chi connectivity index (χ3v) is 5.84. The van der Waals surface area contributed by atoms with Gasteiger partial charge in [-0.05, 0) is 55.5 Å². The first-order valence-corrected chi connectivity index (χ1v) is 10.8. The summed E-state index contributed by atoms with van der Waals surface area (Å²) < 4.78 is 5.45. The minimum Gasteiger partial charge on any atom is -0.494 e. The number of hydrogen-bond donors (Lipinski definition) is 1. The summed E-state index contributed by atoms with van der Waals surface area (Å²) in [4.78, 5) is 31.2. The molecule has 0 aliphatic carbocycles. The van der Waals surface area contributed by atoms with Crippen LogP contribution in [0.15, 0.2) is 53.9 Å². The smallest absolute Gasteiger partial charge is 0.231 e. The predicted octanol–water partition coefficient (Wildman–Crippen LogP) is 4.85. The number of carbonyl (C=O) groups excluding carboxylic acids is 2. The Morgan fingerprint density at radius 3 is 2.67 bits per heavy atom. The van der Waals surface area contributed by atoms with Crippen molar-refractivity contribution in [1.82, 2.24) is 4.98 Å².